The topological polar surface area (TPSA) is 6.48 Å². The van der Waals surface area contributed by atoms with Gasteiger partial charge in [0.25, 0.3) is 0 Å². The van der Waals surface area contributed by atoms with Crippen LogP contribution < -0.4 is 9.80 Å². The lowest BCUT2D eigenvalue weighted by Gasteiger charge is -2.30. The molecule has 258 valence electrons. The first-order valence-electron chi connectivity index (χ1n) is 18.5. The van der Waals surface area contributed by atoms with Gasteiger partial charge in [0.05, 0.1) is 11.4 Å². The van der Waals surface area contributed by atoms with E-state index in [0.717, 1.165) is 22.7 Å². The SMILES string of the molecule is Cc1cccc(N(c2ccc(C(C)(C)C)cc2)c2ccc3ccc4c(N(c5ccc(C(C)(C)C)cc5)c5cccc(C)c5)ccc5ccc2c3c54)c1. The molecule has 0 spiro atoms. The Labute approximate surface area is 309 Å². The molecule has 8 rings (SSSR count). The molecule has 0 aliphatic rings. The smallest absolute Gasteiger partial charge is 0.0540 e. The van der Waals surface area contributed by atoms with E-state index in [1.165, 1.54) is 65.9 Å². The lowest BCUT2D eigenvalue weighted by Crippen LogP contribution is -2.14. The fourth-order valence-corrected chi connectivity index (χ4v) is 7.77. The third-order valence-electron chi connectivity index (χ3n) is 10.6. The van der Waals surface area contributed by atoms with Crippen molar-refractivity contribution in [2.75, 3.05) is 9.80 Å². The minimum atomic E-state index is 0.0817. The number of hydrogen-bond donors (Lipinski definition) is 0. The summed E-state index contributed by atoms with van der Waals surface area (Å²) in [5, 5.41) is 7.57. The molecular formula is C50H48N2. The van der Waals surface area contributed by atoms with Crippen molar-refractivity contribution in [1.29, 1.82) is 0 Å². The number of rotatable bonds is 6. The molecule has 8 aromatic rings. The van der Waals surface area contributed by atoms with Gasteiger partial charge in [0.2, 0.25) is 0 Å². The molecule has 2 heteroatoms. The summed E-state index contributed by atoms with van der Waals surface area (Å²) in [5.74, 6) is 0. The van der Waals surface area contributed by atoms with Gasteiger partial charge in [0.1, 0.15) is 0 Å². The molecule has 8 aromatic carbocycles. The monoisotopic (exact) mass is 676 g/mol. The van der Waals surface area contributed by atoms with Gasteiger partial charge < -0.3 is 9.80 Å². The molecule has 0 unspecified atom stereocenters. The van der Waals surface area contributed by atoms with E-state index in [4.69, 9.17) is 0 Å². The molecule has 0 heterocycles. The van der Waals surface area contributed by atoms with Crippen LogP contribution in [0.4, 0.5) is 34.1 Å². The van der Waals surface area contributed by atoms with E-state index >= 15 is 0 Å². The van der Waals surface area contributed by atoms with Gasteiger partial charge in [-0.25, -0.2) is 0 Å². The minimum absolute atomic E-state index is 0.0817. The molecule has 0 radical (unpaired) electrons. The number of nitrogens with zero attached hydrogens (tertiary/aromatic N) is 2. The third-order valence-corrected chi connectivity index (χ3v) is 10.6. The van der Waals surface area contributed by atoms with Crippen LogP contribution in [0.15, 0.2) is 146 Å². The number of aryl methyl sites for hydroxylation is 2. The fraction of sp³-hybridized carbons (Fsp3) is 0.200. The summed E-state index contributed by atoms with van der Waals surface area (Å²) in [4.78, 5) is 4.87. The molecular weight excluding hydrogens is 629 g/mol. The molecule has 0 aliphatic heterocycles. The second-order valence-corrected chi connectivity index (χ2v) is 16.5. The highest BCUT2D eigenvalue weighted by atomic mass is 15.1. The highest BCUT2D eigenvalue weighted by Gasteiger charge is 2.23. The van der Waals surface area contributed by atoms with Crippen LogP contribution in [-0.4, -0.2) is 0 Å². The summed E-state index contributed by atoms with van der Waals surface area (Å²) in [7, 11) is 0. The van der Waals surface area contributed by atoms with Crippen molar-refractivity contribution in [3.05, 3.63) is 168 Å². The average Bonchev–Trinajstić information content (AvgIpc) is 3.11. The Balaban J connectivity index is 1.37. The molecule has 0 bridgehead atoms. The lowest BCUT2D eigenvalue weighted by atomic mass is 9.87. The molecule has 0 aliphatic carbocycles. The van der Waals surface area contributed by atoms with Crippen molar-refractivity contribution in [2.24, 2.45) is 0 Å². The van der Waals surface area contributed by atoms with Gasteiger partial charge in [0.15, 0.2) is 0 Å². The van der Waals surface area contributed by atoms with Gasteiger partial charge in [-0.15, -0.1) is 0 Å². The number of anilines is 6. The molecule has 0 saturated carbocycles. The quantitative estimate of drug-likeness (QED) is 0.162. The van der Waals surface area contributed by atoms with E-state index in [0.29, 0.717) is 0 Å². The number of benzene rings is 8. The predicted molar refractivity (Wildman–Crippen MR) is 226 cm³/mol. The highest BCUT2D eigenvalue weighted by molar-refractivity contribution is 6.28. The van der Waals surface area contributed by atoms with E-state index in [-0.39, 0.29) is 10.8 Å². The van der Waals surface area contributed by atoms with Gasteiger partial charge in [-0.1, -0.05) is 126 Å². The Bertz CT molecular complexity index is 2360. The van der Waals surface area contributed by atoms with E-state index in [9.17, 15) is 0 Å². The van der Waals surface area contributed by atoms with E-state index in [1.54, 1.807) is 0 Å². The summed E-state index contributed by atoms with van der Waals surface area (Å²) in [5.41, 5.74) is 12.3. The van der Waals surface area contributed by atoms with Crippen LogP contribution >= 0.6 is 0 Å². The molecule has 0 saturated heterocycles. The lowest BCUT2D eigenvalue weighted by molar-refractivity contribution is 0.590. The zero-order chi connectivity index (χ0) is 36.4. The summed E-state index contributed by atoms with van der Waals surface area (Å²) < 4.78 is 0. The maximum atomic E-state index is 2.43. The molecule has 0 atom stereocenters. The average molecular weight is 677 g/mol. The van der Waals surface area contributed by atoms with E-state index in [2.05, 4.69) is 211 Å². The van der Waals surface area contributed by atoms with Gasteiger partial charge in [-0.2, -0.15) is 0 Å². The zero-order valence-corrected chi connectivity index (χ0v) is 31.8. The summed E-state index contributed by atoms with van der Waals surface area (Å²) in [6.45, 7) is 18.0. The molecule has 2 nitrogen and oxygen atoms in total. The number of hydrogen-bond acceptors (Lipinski definition) is 2. The van der Waals surface area contributed by atoms with Crippen LogP contribution in [-0.2, 0) is 10.8 Å². The zero-order valence-electron chi connectivity index (χ0n) is 31.8. The summed E-state index contributed by atoms with van der Waals surface area (Å²) in [6.07, 6.45) is 0. The molecule has 52 heavy (non-hydrogen) atoms. The van der Waals surface area contributed by atoms with Crippen LogP contribution in [0.2, 0.25) is 0 Å². The standard InChI is InChI=1S/C50H48N2/c1-33-11-9-13-41(31-33)51(39-23-19-37(20-24-39)49(3,4)5)45-29-17-35-16-28-44-46(30-18-36-15-27-43(45)47(35)48(36)44)52(42-14-10-12-34(2)32-42)40-25-21-38(22-26-40)50(6,7)8/h9-32H,1-8H3. The Morgan fingerprint density at radius 1 is 0.365 bits per heavy atom. The Hall–Kier alpha value is -5.60. The first-order valence-corrected chi connectivity index (χ1v) is 18.5. The Morgan fingerprint density at radius 2 is 0.731 bits per heavy atom. The van der Waals surface area contributed by atoms with Crippen molar-refractivity contribution in [2.45, 2.75) is 66.2 Å². The van der Waals surface area contributed by atoms with E-state index in [1.807, 2.05) is 0 Å². The van der Waals surface area contributed by atoms with E-state index < -0.39 is 0 Å². The predicted octanol–water partition coefficient (Wildman–Crippen LogP) is 14.7. The van der Waals surface area contributed by atoms with Crippen molar-refractivity contribution in [3.63, 3.8) is 0 Å². The summed E-state index contributed by atoms with van der Waals surface area (Å²) >= 11 is 0. The normalized spacial score (nSPS) is 12.2. The van der Waals surface area contributed by atoms with Gasteiger partial charge in [0, 0.05) is 33.5 Å². The first-order chi connectivity index (χ1) is 24.9. The van der Waals surface area contributed by atoms with Gasteiger partial charge in [-0.3, -0.25) is 0 Å². The van der Waals surface area contributed by atoms with Crippen LogP contribution in [0.5, 0.6) is 0 Å². The summed E-state index contributed by atoms with van der Waals surface area (Å²) in [6, 6.07) is 54.5. The Kier molecular flexibility index (Phi) is 8.10. The van der Waals surface area contributed by atoms with Crippen LogP contribution in [0.1, 0.15) is 63.8 Å². The fourth-order valence-electron chi connectivity index (χ4n) is 7.77. The van der Waals surface area contributed by atoms with Crippen molar-refractivity contribution < 1.29 is 0 Å². The van der Waals surface area contributed by atoms with Crippen LogP contribution in [0.3, 0.4) is 0 Å². The molecule has 0 fully saturated rings. The van der Waals surface area contributed by atoms with Crippen molar-refractivity contribution >= 4 is 66.4 Å². The minimum Gasteiger partial charge on any atom is -0.310 e. The molecule has 0 aromatic heterocycles. The maximum Gasteiger partial charge on any atom is 0.0540 e. The third kappa shape index (κ3) is 5.97. The Morgan fingerprint density at radius 3 is 1.08 bits per heavy atom. The second-order valence-electron chi connectivity index (χ2n) is 16.5. The molecule has 0 N–H and O–H groups in total. The van der Waals surface area contributed by atoms with Crippen molar-refractivity contribution in [1.82, 2.24) is 0 Å². The second kappa shape index (κ2) is 12.6. The first kappa shape index (κ1) is 33.5. The van der Waals surface area contributed by atoms with Gasteiger partial charge in [-0.05, 0) is 129 Å². The van der Waals surface area contributed by atoms with Crippen LogP contribution in [0.25, 0.3) is 32.3 Å². The van der Waals surface area contributed by atoms with Crippen molar-refractivity contribution in [3.8, 4) is 0 Å². The van der Waals surface area contributed by atoms with Gasteiger partial charge >= 0.3 is 0 Å². The molecule has 0 amide bonds. The van der Waals surface area contributed by atoms with Crippen LogP contribution in [0, 0.1) is 13.8 Å². The largest absolute Gasteiger partial charge is 0.310 e. The maximum absolute atomic E-state index is 2.43. The highest BCUT2D eigenvalue weighted by Crippen LogP contribution is 2.48.